The van der Waals surface area contributed by atoms with Gasteiger partial charge in [-0.3, -0.25) is 0 Å². The third kappa shape index (κ3) is 6.88. The predicted molar refractivity (Wildman–Crippen MR) is 91.4 cm³/mol. The molecule has 0 amide bonds. The van der Waals surface area contributed by atoms with Crippen molar-refractivity contribution in [3.63, 3.8) is 0 Å². The summed E-state index contributed by atoms with van der Waals surface area (Å²) in [7, 11) is 0. The Morgan fingerprint density at radius 1 is 0.739 bits per heavy atom. The summed E-state index contributed by atoms with van der Waals surface area (Å²) < 4.78 is 11.5. The molecular formula is C20H23NO2. The molecule has 2 aromatic rings. The zero-order valence-electron chi connectivity index (χ0n) is 13.4. The molecule has 120 valence electrons. The Morgan fingerprint density at radius 3 is 2.09 bits per heavy atom. The summed E-state index contributed by atoms with van der Waals surface area (Å²) in [6.45, 7) is 1.29. The molecule has 0 aromatic heterocycles. The molecule has 0 fully saturated rings. The summed E-state index contributed by atoms with van der Waals surface area (Å²) in [5.74, 6) is 1.71. The number of hydrogen-bond acceptors (Lipinski definition) is 3. The van der Waals surface area contributed by atoms with Crippen molar-refractivity contribution in [2.24, 2.45) is 0 Å². The summed E-state index contributed by atoms with van der Waals surface area (Å²) >= 11 is 0. The lowest BCUT2D eigenvalue weighted by Gasteiger charge is -2.09. The van der Waals surface area contributed by atoms with Crippen molar-refractivity contribution < 1.29 is 9.47 Å². The second-order valence-electron chi connectivity index (χ2n) is 5.42. The van der Waals surface area contributed by atoms with Gasteiger partial charge in [0.25, 0.3) is 0 Å². The highest BCUT2D eigenvalue weighted by molar-refractivity contribution is 5.31. The Bertz CT molecular complexity index is 587. The predicted octanol–water partition coefficient (Wildman–Crippen LogP) is 5.12. The first kappa shape index (κ1) is 16.9. The van der Waals surface area contributed by atoms with E-state index in [0.29, 0.717) is 13.0 Å². The second-order valence-corrected chi connectivity index (χ2v) is 5.42. The summed E-state index contributed by atoms with van der Waals surface area (Å²) in [4.78, 5) is 0. The Morgan fingerprint density at radius 2 is 1.39 bits per heavy atom. The highest BCUT2D eigenvalue weighted by Crippen LogP contribution is 2.19. The number of benzene rings is 2. The molecule has 0 aliphatic carbocycles. The van der Waals surface area contributed by atoms with Crippen LogP contribution in [0.15, 0.2) is 54.6 Å². The quantitative estimate of drug-likeness (QED) is 0.572. The maximum absolute atomic E-state index is 8.46. The van der Waals surface area contributed by atoms with E-state index in [1.165, 1.54) is 0 Å². The van der Waals surface area contributed by atoms with Crippen LogP contribution >= 0.6 is 0 Å². The third-order valence-electron chi connectivity index (χ3n) is 3.52. The standard InChI is InChI=1S/C20H23NO2/c21-15-7-2-1-3-8-16-22-19-11-13-20(14-12-19)23-17-18-9-5-4-6-10-18/h4-6,9-14H,1-3,7-8,16-17H2. The van der Waals surface area contributed by atoms with Gasteiger partial charge in [0.15, 0.2) is 0 Å². The van der Waals surface area contributed by atoms with Crippen LogP contribution in [0.5, 0.6) is 11.5 Å². The second kappa shape index (κ2) is 10.3. The first-order valence-corrected chi connectivity index (χ1v) is 8.15. The fraction of sp³-hybridized carbons (Fsp3) is 0.350. The molecular weight excluding hydrogens is 286 g/mol. The van der Waals surface area contributed by atoms with Gasteiger partial charge < -0.3 is 9.47 Å². The van der Waals surface area contributed by atoms with Gasteiger partial charge in [-0.25, -0.2) is 0 Å². The molecule has 0 bridgehead atoms. The molecule has 0 aliphatic heterocycles. The van der Waals surface area contributed by atoms with Crippen LogP contribution in [-0.2, 0) is 6.61 Å². The fourth-order valence-corrected chi connectivity index (χ4v) is 2.22. The molecule has 2 aromatic carbocycles. The van der Waals surface area contributed by atoms with Gasteiger partial charge in [0.05, 0.1) is 12.7 Å². The molecule has 0 heterocycles. The molecule has 0 atom stereocenters. The van der Waals surface area contributed by atoms with Crippen molar-refractivity contribution in [1.82, 2.24) is 0 Å². The number of unbranched alkanes of at least 4 members (excludes halogenated alkanes) is 4. The van der Waals surface area contributed by atoms with Gasteiger partial charge >= 0.3 is 0 Å². The van der Waals surface area contributed by atoms with E-state index in [2.05, 4.69) is 6.07 Å². The van der Waals surface area contributed by atoms with Crippen molar-refractivity contribution in [3.05, 3.63) is 60.2 Å². The topological polar surface area (TPSA) is 42.2 Å². The van der Waals surface area contributed by atoms with E-state index in [9.17, 15) is 0 Å². The van der Waals surface area contributed by atoms with Gasteiger partial charge in [-0.15, -0.1) is 0 Å². The minimum atomic E-state index is 0.573. The molecule has 3 heteroatoms. The summed E-state index contributed by atoms with van der Waals surface area (Å²) in [5.41, 5.74) is 1.16. The monoisotopic (exact) mass is 309 g/mol. The highest BCUT2D eigenvalue weighted by atomic mass is 16.5. The number of nitriles is 1. The molecule has 0 unspecified atom stereocenters. The lowest BCUT2D eigenvalue weighted by Crippen LogP contribution is -1.98. The zero-order valence-corrected chi connectivity index (χ0v) is 13.4. The Balaban J connectivity index is 1.63. The molecule has 0 saturated heterocycles. The molecule has 0 radical (unpaired) electrons. The molecule has 0 saturated carbocycles. The van der Waals surface area contributed by atoms with E-state index in [1.807, 2.05) is 54.6 Å². The fourth-order valence-electron chi connectivity index (χ4n) is 2.22. The lowest BCUT2D eigenvalue weighted by atomic mass is 10.2. The minimum Gasteiger partial charge on any atom is -0.494 e. The molecule has 23 heavy (non-hydrogen) atoms. The van der Waals surface area contributed by atoms with Crippen LogP contribution in [0.3, 0.4) is 0 Å². The molecule has 3 nitrogen and oxygen atoms in total. The Hall–Kier alpha value is -2.47. The van der Waals surface area contributed by atoms with Crippen molar-refractivity contribution in [1.29, 1.82) is 5.26 Å². The van der Waals surface area contributed by atoms with E-state index in [4.69, 9.17) is 14.7 Å². The Labute approximate surface area is 138 Å². The summed E-state index contributed by atoms with van der Waals surface area (Å²) in [6.07, 6.45) is 4.88. The average Bonchev–Trinajstić information content (AvgIpc) is 2.61. The molecule has 0 spiro atoms. The van der Waals surface area contributed by atoms with Crippen LogP contribution in [0, 0.1) is 11.3 Å². The van der Waals surface area contributed by atoms with Crippen LogP contribution in [0.25, 0.3) is 0 Å². The van der Waals surface area contributed by atoms with E-state index < -0.39 is 0 Å². The van der Waals surface area contributed by atoms with Crippen molar-refractivity contribution in [2.75, 3.05) is 6.61 Å². The van der Waals surface area contributed by atoms with Gasteiger partial charge in [0.1, 0.15) is 18.1 Å². The minimum absolute atomic E-state index is 0.573. The summed E-state index contributed by atoms with van der Waals surface area (Å²) in [6, 6.07) is 20.0. The van der Waals surface area contributed by atoms with E-state index in [1.54, 1.807) is 0 Å². The van der Waals surface area contributed by atoms with E-state index in [0.717, 1.165) is 49.4 Å². The third-order valence-corrected chi connectivity index (χ3v) is 3.52. The Kier molecular flexibility index (Phi) is 7.56. The number of rotatable bonds is 10. The van der Waals surface area contributed by atoms with Crippen molar-refractivity contribution >= 4 is 0 Å². The van der Waals surface area contributed by atoms with Crippen LogP contribution < -0.4 is 9.47 Å². The SMILES string of the molecule is N#CCCCCCCOc1ccc(OCc2ccccc2)cc1. The zero-order chi connectivity index (χ0) is 16.2. The summed E-state index contributed by atoms with van der Waals surface area (Å²) in [5, 5.41) is 8.46. The molecule has 2 rings (SSSR count). The van der Waals surface area contributed by atoms with Gasteiger partial charge in [0, 0.05) is 6.42 Å². The van der Waals surface area contributed by atoms with Crippen LogP contribution in [0.2, 0.25) is 0 Å². The average molecular weight is 309 g/mol. The van der Waals surface area contributed by atoms with Crippen LogP contribution in [-0.4, -0.2) is 6.61 Å². The molecule has 0 N–H and O–H groups in total. The normalized spacial score (nSPS) is 10.0. The lowest BCUT2D eigenvalue weighted by molar-refractivity contribution is 0.297. The van der Waals surface area contributed by atoms with Crippen LogP contribution in [0.1, 0.15) is 37.7 Å². The number of nitrogens with zero attached hydrogens (tertiary/aromatic N) is 1. The largest absolute Gasteiger partial charge is 0.494 e. The number of ether oxygens (including phenoxy) is 2. The maximum atomic E-state index is 8.46. The van der Waals surface area contributed by atoms with Crippen molar-refractivity contribution in [2.45, 2.75) is 38.7 Å². The maximum Gasteiger partial charge on any atom is 0.120 e. The van der Waals surface area contributed by atoms with Crippen LogP contribution in [0.4, 0.5) is 0 Å². The van der Waals surface area contributed by atoms with Gasteiger partial charge in [-0.1, -0.05) is 43.2 Å². The van der Waals surface area contributed by atoms with Gasteiger partial charge in [0.2, 0.25) is 0 Å². The smallest absolute Gasteiger partial charge is 0.120 e. The van der Waals surface area contributed by atoms with Gasteiger partial charge in [-0.2, -0.15) is 5.26 Å². The first-order valence-electron chi connectivity index (χ1n) is 8.15. The van der Waals surface area contributed by atoms with Crippen molar-refractivity contribution in [3.8, 4) is 17.6 Å². The molecule has 0 aliphatic rings. The van der Waals surface area contributed by atoms with E-state index in [-0.39, 0.29) is 0 Å². The first-order chi connectivity index (χ1) is 11.4. The van der Waals surface area contributed by atoms with E-state index >= 15 is 0 Å². The highest BCUT2D eigenvalue weighted by Gasteiger charge is 1.98. The number of hydrogen-bond donors (Lipinski definition) is 0. The van der Waals surface area contributed by atoms with Gasteiger partial charge in [-0.05, 0) is 42.7 Å².